The molecule has 124 valence electrons. The molecule has 0 fully saturated rings. The molecule has 0 N–H and O–H groups in total. The van der Waals surface area contributed by atoms with Crippen LogP contribution in [0.4, 0.5) is 19.1 Å². The summed E-state index contributed by atoms with van der Waals surface area (Å²) in [6.45, 7) is -2.04. The Kier molecular flexibility index (Phi) is 5.19. The van der Waals surface area contributed by atoms with E-state index in [9.17, 15) is 18.0 Å². The summed E-state index contributed by atoms with van der Waals surface area (Å²) in [6, 6.07) is 1.60. The predicted molar refractivity (Wildman–Crippen MR) is 77.1 cm³/mol. The predicted octanol–water partition coefficient (Wildman–Crippen LogP) is 1.97. The molecule has 2 heterocycles. The molecule has 0 saturated carbocycles. The fourth-order valence-electron chi connectivity index (χ4n) is 1.55. The van der Waals surface area contributed by atoms with Gasteiger partial charge >= 0.3 is 12.1 Å². The molecule has 0 saturated heterocycles. The second kappa shape index (κ2) is 6.94. The fourth-order valence-corrected chi connectivity index (χ4v) is 1.83. The van der Waals surface area contributed by atoms with Gasteiger partial charge in [-0.25, -0.2) is 9.67 Å². The first-order valence-corrected chi connectivity index (χ1v) is 7.01. The molecule has 7 nitrogen and oxygen atoms in total. The summed E-state index contributed by atoms with van der Waals surface area (Å²) in [5.74, 6) is -0.435. The molecular weight excluding hydrogens is 383 g/mol. The Bertz CT molecular complexity index is 691. The van der Waals surface area contributed by atoms with E-state index in [2.05, 4.69) is 35.7 Å². The standard InChI is InChI=1S/C12H11BrF3N5O2/c1-20(6-10(22)23-7-12(14,15)16)11-17-3-2-9(19-11)21-5-8(13)4-18-21/h2-5H,6-7H2,1H3. The van der Waals surface area contributed by atoms with Crippen molar-refractivity contribution in [1.82, 2.24) is 19.7 Å². The van der Waals surface area contributed by atoms with Crippen LogP contribution in [0.2, 0.25) is 0 Å². The van der Waals surface area contributed by atoms with Crippen molar-refractivity contribution in [3.8, 4) is 5.82 Å². The minimum Gasteiger partial charge on any atom is -0.455 e. The summed E-state index contributed by atoms with van der Waals surface area (Å²) < 4.78 is 42.3. The quantitative estimate of drug-likeness (QED) is 0.723. The number of alkyl halides is 3. The van der Waals surface area contributed by atoms with Crippen molar-refractivity contribution in [2.45, 2.75) is 6.18 Å². The Hall–Kier alpha value is -2.17. The summed E-state index contributed by atoms with van der Waals surface area (Å²) in [7, 11) is 1.47. The van der Waals surface area contributed by atoms with Crippen molar-refractivity contribution < 1.29 is 22.7 Å². The normalized spacial score (nSPS) is 11.3. The van der Waals surface area contributed by atoms with Crippen molar-refractivity contribution in [3.05, 3.63) is 29.1 Å². The zero-order valence-corrected chi connectivity index (χ0v) is 13.4. The third-order valence-electron chi connectivity index (χ3n) is 2.52. The maximum atomic E-state index is 12.0. The number of esters is 1. The molecule has 0 aliphatic carbocycles. The molecule has 23 heavy (non-hydrogen) atoms. The number of carbonyl (C=O) groups excluding carboxylic acids is 1. The molecule has 0 atom stereocenters. The van der Waals surface area contributed by atoms with Crippen LogP contribution in [0, 0.1) is 0 Å². The van der Waals surface area contributed by atoms with Gasteiger partial charge in [-0.3, -0.25) is 4.79 Å². The SMILES string of the molecule is CN(CC(=O)OCC(F)(F)F)c1nccc(-n2cc(Br)cn2)n1. The van der Waals surface area contributed by atoms with E-state index >= 15 is 0 Å². The van der Waals surface area contributed by atoms with Crippen LogP contribution in [0.3, 0.4) is 0 Å². The lowest BCUT2D eigenvalue weighted by Gasteiger charge is -2.16. The van der Waals surface area contributed by atoms with Gasteiger partial charge in [0.2, 0.25) is 5.95 Å². The molecule has 2 aromatic heterocycles. The lowest BCUT2D eigenvalue weighted by molar-refractivity contribution is -0.185. The molecule has 0 unspecified atom stereocenters. The van der Waals surface area contributed by atoms with Gasteiger partial charge in [-0.1, -0.05) is 0 Å². The van der Waals surface area contributed by atoms with Gasteiger partial charge < -0.3 is 9.64 Å². The van der Waals surface area contributed by atoms with Gasteiger partial charge in [0.25, 0.3) is 0 Å². The largest absolute Gasteiger partial charge is 0.455 e. The van der Waals surface area contributed by atoms with Gasteiger partial charge in [0.1, 0.15) is 6.54 Å². The Morgan fingerprint density at radius 1 is 1.48 bits per heavy atom. The van der Waals surface area contributed by atoms with Crippen LogP contribution in [-0.2, 0) is 9.53 Å². The first-order valence-electron chi connectivity index (χ1n) is 6.22. The monoisotopic (exact) mass is 393 g/mol. The van der Waals surface area contributed by atoms with E-state index in [0.717, 1.165) is 4.47 Å². The van der Waals surface area contributed by atoms with Gasteiger partial charge in [-0.15, -0.1) is 0 Å². The highest BCUT2D eigenvalue weighted by molar-refractivity contribution is 9.10. The van der Waals surface area contributed by atoms with Crippen molar-refractivity contribution in [3.63, 3.8) is 0 Å². The average Bonchev–Trinajstić information content (AvgIpc) is 2.91. The zero-order valence-electron chi connectivity index (χ0n) is 11.8. The lowest BCUT2D eigenvalue weighted by Crippen LogP contribution is -2.31. The number of aromatic nitrogens is 4. The van der Waals surface area contributed by atoms with Crippen LogP contribution in [0.25, 0.3) is 5.82 Å². The van der Waals surface area contributed by atoms with Crippen LogP contribution in [0.5, 0.6) is 0 Å². The number of likely N-dealkylation sites (N-methyl/N-ethyl adjacent to an activating group) is 1. The molecule has 0 aliphatic heterocycles. The maximum Gasteiger partial charge on any atom is 0.422 e. The lowest BCUT2D eigenvalue weighted by atomic mass is 10.5. The van der Waals surface area contributed by atoms with Crippen LogP contribution in [0.15, 0.2) is 29.1 Å². The Balaban J connectivity index is 2.02. The number of rotatable bonds is 5. The molecule has 0 bridgehead atoms. The van der Waals surface area contributed by atoms with Crippen molar-refractivity contribution in [1.29, 1.82) is 0 Å². The van der Waals surface area contributed by atoms with E-state index < -0.39 is 25.3 Å². The van der Waals surface area contributed by atoms with Crippen LogP contribution >= 0.6 is 15.9 Å². The molecule has 2 aromatic rings. The van der Waals surface area contributed by atoms with E-state index in [0.29, 0.717) is 5.82 Å². The van der Waals surface area contributed by atoms with E-state index in [1.54, 1.807) is 18.5 Å². The minimum atomic E-state index is -4.56. The molecule has 11 heteroatoms. The van der Waals surface area contributed by atoms with E-state index in [4.69, 9.17) is 0 Å². The van der Waals surface area contributed by atoms with Crippen LogP contribution in [0.1, 0.15) is 0 Å². The minimum absolute atomic E-state index is 0.151. The molecule has 0 aliphatic rings. The topological polar surface area (TPSA) is 73.1 Å². The molecule has 0 amide bonds. The highest BCUT2D eigenvalue weighted by atomic mass is 79.9. The third kappa shape index (κ3) is 5.20. The fraction of sp³-hybridized carbons (Fsp3) is 0.333. The molecular formula is C12H11BrF3N5O2. The second-order valence-electron chi connectivity index (χ2n) is 4.45. The molecule has 0 radical (unpaired) electrons. The van der Waals surface area contributed by atoms with Crippen molar-refractivity contribution in [2.24, 2.45) is 0 Å². The van der Waals surface area contributed by atoms with E-state index in [-0.39, 0.29) is 5.95 Å². The Morgan fingerprint density at radius 2 is 2.22 bits per heavy atom. The van der Waals surface area contributed by atoms with E-state index in [1.807, 2.05) is 0 Å². The highest BCUT2D eigenvalue weighted by Crippen LogP contribution is 2.15. The summed E-state index contributed by atoms with van der Waals surface area (Å²) >= 11 is 3.25. The first-order chi connectivity index (χ1) is 10.7. The summed E-state index contributed by atoms with van der Waals surface area (Å²) in [5, 5.41) is 4.05. The van der Waals surface area contributed by atoms with Gasteiger partial charge in [0.15, 0.2) is 12.4 Å². The number of halogens is 4. The first kappa shape index (κ1) is 17.2. The van der Waals surface area contributed by atoms with Gasteiger partial charge in [-0.2, -0.15) is 23.3 Å². The second-order valence-corrected chi connectivity index (χ2v) is 5.37. The number of anilines is 1. The van der Waals surface area contributed by atoms with Crippen LogP contribution in [-0.4, -0.2) is 52.1 Å². The average molecular weight is 394 g/mol. The number of carbonyl (C=O) groups is 1. The third-order valence-corrected chi connectivity index (χ3v) is 2.93. The summed E-state index contributed by atoms with van der Waals surface area (Å²) in [4.78, 5) is 20.8. The number of ether oxygens (including phenoxy) is 1. The van der Waals surface area contributed by atoms with Crippen molar-refractivity contribution >= 4 is 27.8 Å². The van der Waals surface area contributed by atoms with Gasteiger partial charge in [-0.05, 0) is 15.9 Å². The van der Waals surface area contributed by atoms with Crippen LogP contribution < -0.4 is 4.90 Å². The summed E-state index contributed by atoms with van der Waals surface area (Å²) in [6.07, 6.45) is 0.132. The smallest absolute Gasteiger partial charge is 0.422 e. The Morgan fingerprint density at radius 3 is 2.83 bits per heavy atom. The Labute approximate surface area is 137 Å². The van der Waals surface area contributed by atoms with Gasteiger partial charge in [0, 0.05) is 25.5 Å². The summed E-state index contributed by atoms with van der Waals surface area (Å²) in [5.41, 5.74) is 0. The maximum absolute atomic E-state index is 12.0. The number of nitrogens with zero attached hydrogens (tertiary/aromatic N) is 5. The highest BCUT2D eigenvalue weighted by Gasteiger charge is 2.29. The number of hydrogen-bond donors (Lipinski definition) is 0. The van der Waals surface area contributed by atoms with Crippen molar-refractivity contribution in [2.75, 3.05) is 25.1 Å². The number of hydrogen-bond acceptors (Lipinski definition) is 6. The molecule has 0 aromatic carbocycles. The molecule has 2 rings (SSSR count). The molecule has 0 spiro atoms. The van der Waals surface area contributed by atoms with Gasteiger partial charge in [0.05, 0.1) is 10.7 Å². The van der Waals surface area contributed by atoms with E-state index in [1.165, 1.54) is 22.8 Å². The zero-order chi connectivity index (χ0) is 17.0.